The van der Waals surface area contributed by atoms with E-state index < -0.39 is 10.5 Å². The first-order valence-electron chi connectivity index (χ1n) is 10.3. The summed E-state index contributed by atoms with van der Waals surface area (Å²) < 4.78 is 3.65. The second kappa shape index (κ2) is 7.57. The number of aromatic nitrogens is 5. The highest BCUT2D eigenvalue weighted by atomic mass is 16.6. The van der Waals surface area contributed by atoms with Gasteiger partial charge in [0.1, 0.15) is 29.6 Å². The third-order valence-corrected chi connectivity index (χ3v) is 6.09. The average Bonchev–Trinajstić information content (AvgIpc) is 3.30. The van der Waals surface area contributed by atoms with Gasteiger partial charge in [-0.05, 0) is 39.5 Å². The van der Waals surface area contributed by atoms with Crippen LogP contribution < -0.4 is 0 Å². The van der Waals surface area contributed by atoms with Gasteiger partial charge in [0, 0.05) is 32.0 Å². The number of carbonyl (C=O) groups is 1. The molecule has 4 heterocycles. The fourth-order valence-corrected chi connectivity index (χ4v) is 4.38. The summed E-state index contributed by atoms with van der Waals surface area (Å²) in [7, 11) is 0. The molecule has 0 bridgehead atoms. The quantitative estimate of drug-likeness (QED) is 0.574. The number of rotatable bonds is 4. The molecule has 0 saturated carbocycles. The van der Waals surface area contributed by atoms with Crippen molar-refractivity contribution in [2.45, 2.75) is 70.4 Å². The largest absolute Gasteiger partial charge is 0.340 e. The number of nitro groups is 1. The predicted octanol–water partition coefficient (Wildman–Crippen LogP) is 2.25. The Kier molecular flexibility index (Phi) is 5.10. The van der Waals surface area contributed by atoms with Gasteiger partial charge < -0.3 is 9.47 Å². The van der Waals surface area contributed by atoms with E-state index in [0.29, 0.717) is 13.1 Å². The first-order valence-corrected chi connectivity index (χ1v) is 10.3. The lowest BCUT2D eigenvalue weighted by Crippen LogP contribution is -2.50. The molecule has 10 nitrogen and oxygen atoms in total. The van der Waals surface area contributed by atoms with Crippen molar-refractivity contribution in [2.24, 2.45) is 0 Å². The lowest BCUT2D eigenvalue weighted by Gasteiger charge is -2.37. The summed E-state index contributed by atoms with van der Waals surface area (Å²) in [5, 5.41) is 23.9. The van der Waals surface area contributed by atoms with Gasteiger partial charge in [-0.2, -0.15) is 5.10 Å². The maximum absolute atomic E-state index is 13.3. The first-order chi connectivity index (χ1) is 13.9. The summed E-state index contributed by atoms with van der Waals surface area (Å²) in [5.74, 6) is 2.13. The van der Waals surface area contributed by atoms with Crippen molar-refractivity contribution >= 4 is 11.6 Å². The van der Waals surface area contributed by atoms with Crippen LogP contribution in [0.15, 0.2) is 12.4 Å². The number of piperidine rings is 1. The number of fused-ring (bicyclic) bond motifs is 1. The molecule has 1 unspecified atom stereocenters. The Bertz CT molecular complexity index is 917. The van der Waals surface area contributed by atoms with Crippen molar-refractivity contribution in [1.29, 1.82) is 0 Å². The number of amides is 1. The van der Waals surface area contributed by atoms with Crippen LogP contribution in [0.4, 0.5) is 5.69 Å². The van der Waals surface area contributed by atoms with Crippen LogP contribution in [0.1, 0.15) is 63.5 Å². The van der Waals surface area contributed by atoms with E-state index in [1.54, 1.807) is 13.8 Å². The normalized spacial score (nSPS) is 20.2. The Balaban J connectivity index is 1.52. The van der Waals surface area contributed by atoms with E-state index in [4.69, 9.17) is 0 Å². The summed E-state index contributed by atoms with van der Waals surface area (Å²) in [6, 6.07) is 0. The molecule has 1 fully saturated rings. The van der Waals surface area contributed by atoms with Gasteiger partial charge in [-0.15, -0.1) is 10.2 Å². The highest BCUT2D eigenvalue weighted by Crippen LogP contribution is 2.30. The summed E-state index contributed by atoms with van der Waals surface area (Å²) >= 11 is 0. The van der Waals surface area contributed by atoms with Gasteiger partial charge >= 0.3 is 5.69 Å². The number of hydrogen-bond donors (Lipinski definition) is 0. The molecule has 2 aromatic rings. The molecule has 2 aliphatic rings. The molecule has 0 aliphatic carbocycles. The number of nitrogens with zero attached hydrogens (tertiary/aromatic N) is 7. The van der Waals surface area contributed by atoms with Crippen LogP contribution in [0, 0.1) is 10.1 Å². The lowest BCUT2D eigenvalue weighted by atomic mass is 9.94. The molecule has 2 aliphatic heterocycles. The maximum atomic E-state index is 13.3. The Morgan fingerprint density at radius 3 is 2.79 bits per heavy atom. The number of aryl methyl sites for hydroxylation is 1. The van der Waals surface area contributed by atoms with E-state index in [0.717, 1.165) is 50.3 Å². The molecule has 1 amide bonds. The SMILES string of the molecule is CC(C)(C(=O)N1CCCC(c2nnc3n2CCCCC3)C1)n1cc([N+](=O)[O-])cn1. The highest BCUT2D eigenvalue weighted by molar-refractivity contribution is 5.83. The van der Waals surface area contributed by atoms with E-state index in [1.807, 2.05) is 4.90 Å². The minimum atomic E-state index is -1.00. The Labute approximate surface area is 169 Å². The summed E-state index contributed by atoms with van der Waals surface area (Å²) in [5.41, 5.74) is -1.12. The fourth-order valence-electron chi connectivity index (χ4n) is 4.38. The van der Waals surface area contributed by atoms with Gasteiger partial charge in [0.15, 0.2) is 0 Å². The fraction of sp³-hybridized carbons (Fsp3) is 0.684. The molecular weight excluding hydrogens is 374 g/mol. The van der Waals surface area contributed by atoms with Crippen LogP contribution in [0.2, 0.25) is 0 Å². The van der Waals surface area contributed by atoms with Crippen molar-refractivity contribution in [1.82, 2.24) is 29.4 Å². The molecule has 4 rings (SSSR count). The number of likely N-dealkylation sites (tertiary alicyclic amines) is 1. The highest BCUT2D eigenvalue weighted by Gasteiger charge is 2.38. The van der Waals surface area contributed by atoms with Gasteiger partial charge in [0.25, 0.3) is 0 Å². The standard InChI is InChI=1S/C19H27N7O3/c1-19(2,25-13-15(11-20-25)26(28)29)18(27)23-9-6-7-14(12-23)17-22-21-16-8-4-3-5-10-24(16)17/h11,13-14H,3-10,12H2,1-2H3. The van der Waals surface area contributed by atoms with Crippen LogP contribution in [-0.4, -0.2) is 53.4 Å². The van der Waals surface area contributed by atoms with E-state index in [2.05, 4.69) is 19.9 Å². The van der Waals surface area contributed by atoms with E-state index >= 15 is 0 Å². The van der Waals surface area contributed by atoms with Crippen molar-refractivity contribution in [2.75, 3.05) is 13.1 Å². The van der Waals surface area contributed by atoms with Crippen LogP contribution in [0.3, 0.4) is 0 Å². The Morgan fingerprint density at radius 2 is 2.03 bits per heavy atom. The zero-order valence-corrected chi connectivity index (χ0v) is 17.0. The van der Waals surface area contributed by atoms with Gasteiger partial charge in [-0.3, -0.25) is 19.6 Å². The predicted molar refractivity (Wildman–Crippen MR) is 104 cm³/mol. The third-order valence-electron chi connectivity index (χ3n) is 6.09. The maximum Gasteiger partial charge on any atom is 0.307 e. The summed E-state index contributed by atoms with van der Waals surface area (Å²) in [6.07, 6.45) is 8.84. The van der Waals surface area contributed by atoms with Crippen molar-refractivity contribution in [3.63, 3.8) is 0 Å². The number of hydrogen-bond acceptors (Lipinski definition) is 6. The molecule has 10 heteroatoms. The van der Waals surface area contributed by atoms with Crippen LogP contribution >= 0.6 is 0 Å². The van der Waals surface area contributed by atoms with Crippen LogP contribution in [-0.2, 0) is 23.3 Å². The molecule has 2 aromatic heterocycles. The zero-order chi connectivity index (χ0) is 20.6. The second-order valence-corrected chi connectivity index (χ2v) is 8.49. The van der Waals surface area contributed by atoms with E-state index in [-0.39, 0.29) is 17.5 Å². The third kappa shape index (κ3) is 3.63. The van der Waals surface area contributed by atoms with Crippen molar-refractivity contribution < 1.29 is 9.72 Å². The molecule has 0 N–H and O–H groups in total. The molecule has 0 aromatic carbocycles. The molecule has 1 atom stereocenters. The molecule has 156 valence electrons. The van der Waals surface area contributed by atoms with Gasteiger partial charge in [-0.1, -0.05) is 6.42 Å². The number of carbonyl (C=O) groups excluding carboxylic acids is 1. The van der Waals surface area contributed by atoms with E-state index in [1.165, 1.54) is 23.5 Å². The van der Waals surface area contributed by atoms with E-state index in [9.17, 15) is 14.9 Å². The Morgan fingerprint density at radius 1 is 1.21 bits per heavy atom. The average molecular weight is 401 g/mol. The second-order valence-electron chi connectivity index (χ2n) is 8.49. The van der Waals surface area contributed by atoms with Gasteiger partial charge in [-0.25, -0.2) is 0 Å². The van der Waals surface area contributed by atoms with Gasteiger partial charge in [0.2, 0.25) is 5.91 Å². The summed E-state index contributed by atoms with van der Waals surface area (Å²) in [4.78, 5) is 25.6. The zero-order valence-electron chi connectivity index (χ0n) is 17.0. The molecule has 0 spiro atoms. The first kappa shape index (κ1) is 19.5. The molecule has 29 heavy (non-hydrogen) atoms. The minimum Gasteiger partial charge on any atom is -0.340 e. The summed E-state index contributed by atoms with van der Waals surface area (Å²) in [6.45, 7) is 5.70. The molecule has 1 saturated heterocycles. The minimum absolute atomic E-state index is 0.0872. The monoisotopic (exact) mass is 401 g/mol. The smallest absolute Gasteiger partial charge is 0.307 e. The van der Waals surface area contributed by atoms with Crippen LogP contribution in [0.5, 0.6) is 0 Å². The van der Waals surface area contributed by atoms with Crippen LogP contribution in [0.25, 0.3) is 0 Å². The molecule has 0 radical (unpaired) electrons. The van der Waals surface area contributed by atoms with Gasteiger partial charge in [0.05, 0.1) is 4.92 Å². The van der Waals surface area contributed by atoms with Crippen molar-refractivity contribution in [3.05, 3.63) is 34.2 Å². The lowest BCUT2D eigenvalue weighted by molar-refractivity contribution is -0.385. The topological polar surface area (TPSA) is 112 Å². The molecular formula is C19H27N7O3. The Hall–Kier alpha value is -2.78. The van der Waals surface area contributed by atoms with Crippen molar-refractivity contribution in [3.8, 4) is 0 Å².